The maximum atomic E-state index is 12.9. The van der Waals surface area contributed by atoms with Gasteiger partial charge >= 0.3 is 11.9 Å². The van der Waals surface area contributed by atoms with Crippen molar-refractivity contribution in [1.82, 2.24) is 9.21 Å². The minimum atomic E-state index is -3.52. The molecule has 1 aromatic carbocycles. The third-order valence-corrected chi connectivity index (χ3v) is 6.60. The summed E-state index contributed by atoms with van der Waals surface area (Å²) >= 11 is 1.67. The topological polar surface area (TPSA) is 115 Å². The predicted molar refractivity (Wildman–Crippen MR) is 100 cm³/mol. The second-order valence-electron chi connectivity index (χ2n) is 5.88. The van der Waals surface area contributed by atoms with Crippen molar-refractivity contribution in [1.29, 1.82) is 0 Å². The molecule has 1 fully saturated rings. The Morgan fingerprint density at radius 3 is 2.04 bits per heavy atom. The van der Waals surface area contributed by atoms with Crippen LogP contribution in [-0.2, 0) is 26.2 Å². The Hall–Kier alpha value is -2.34. The zero-order chi connectivity index (χ0) is 20.7. The second-order valence-corrected chi connectivity index (χ2v) is 8.59. The molecule has 0 atom stereocenters. The van der Waals surface area contributed by atoms with Crippen molar-refractivity contribution in [2.75, 3.05) is 26.2 Å². The van der Waals surface area contributed by atoms with E-state index in [1.165, 1.54) is 34.1 Å². The lowest BCUT2D eigenvalue weighted by atomic mass is 10.3. The summed E-state index contributed by atoms with van der Waals surface area (Å²) in [5, 5.41) is 18.9. The number of carbonyl (C=O) groups is 2. The zero-order valence-electron chi connectivity index (χ0n) is 14.7. The van der Waals surface area contributed by atoms with Crippen LogP contribution in [0.5, 0.6) is 0 Å². The lowest BCUT2D eigenvalue weighted by Gasteiger charge is -2.33. The van der Waals surface area contributed by atoms with Gasteiger partial charge in [0.1, 0.15) is 5.82 Å². The molecule has 1 aliphatic rings. The number of rotatable bonds is 4. The average molecular weight is 430 g/mol. The zero-order valence-corrected chi connectivity index (χ0v) is 16.3. The quantitative estimate of drug-likeness (QED) is 0.707. The third kappa shape index (κ3) is 6.09. The first-order valence-corrected chi connectivity index (χ1v) is 10.5. The van der Waals surface area contributed by atoms with Crippen molar-refractivity contribution in [2.24, 2.45) is 0 Å². The molecule has 0 amide bonds. The molecule has 3 rings (SSSR count). The highest BCUT2D eigenvalue weighted by molar-refractivity contribution is 7.89. The molecule has 152 valence electrons. The SMILES string of the molecule is O=C(O)C(=O)O.O=S(=O)(c1ccc(F)cc1)N1CCN(Cc2ccsc2)CC1. The van der Waals surface area contributed by atoms with Gasteiger partial charge in [-0.2, -0.15) is 15.6 Å². The lowest BCUT2D eigenvalue weighted by molar-refractivity contribution is -0.159. The van der Waals surface area contributed by atoms with Crippen LogP contribution in [0, 0.1) is 5.82 Å². The Bertz CT molecular complexity index is 880. The molecule has 8 nitrogen and oxygen atoms in total. The number of carboxylic acids is 2. The molecule has 2 N–H and O–H groups in total. The van der Waals surface area contributed by atoms with E-state index in [4.69, 9.17) is 19.8 Å². The van der Waals surface area contributed by atoms with Crippen LogP contribution in [0.2, 0.25) is 0 Å². The van der Waals surface area contributed by atoms with Crippen molar-refractivity contribution in [3.05, 3.63) is 52.5 Å². The van der Waals surface area contributed by atoms with E-state index < -0.39 is 27.8 Å². The predicted octanol–water partition coefficient (Wildman–Crippen LogP) is 1.55. The molecule has 0 unspecified atom stereocenters. The van der Waals surface area contributed by atoms with E-state index in [9.17, 15) is 12.8 Å². The van der Waals surface area contributed by atoms with Gasteiger partial charge in [0, 0.05) is 32.7 Å². The molecule has 28 heavy (non-hydrogen) atoms. The Labute approximate surface area is 165 Å². The molecular formula is C17H19FN2O6S2. The lowest BCUT2D eigenvalue weighted by Crippen LogP contribution is -2.48. The summed E-state index contributed by atoms with van der Waals surface area (Å²) in [6.07, 6.45) is 0. The minimum Gasteiger partial charge on any atom is -0.473 e. The van der Waals surface area contributed by atoms with Gasteiger partial charge in [0.25, 0.3) is 0 Å². The normalized spacial score (nSPS) is 15.5. The van der Waals surface area contributed by atoms with E-state index in [1.54, 1.807) is 11.3 Å². The summed E-state index contributed by atoms with van der Waals surface area (Å²) < 4.78 is 39.4. The van der Waals surface area contributed by atoms with Gasteiger partial charge in [-0.05, 0) is 46.7 Å². The summed E-state index contributed by atoms with van der Waals surface area (Å²) in [5.74, 6) is -4.08. The first-order chi connectivity index (χ1) is 13.2. The van der Waals surface area contributed by atoms with Crippen LogP contribution in [0.4, 0.5) is 4.39 Å². The molecule has 1 aromatic heterocycles. The van der Waals surface area contributed by atoms with Gasteiger partial charge in [0.05, 0.1) is 4.90 Å². The maximum Gasteiger partial charge on any atom is 0.414 e. The van der Waals surface area contributed by atoms with E-state index >= 15 is 0 Å². The number of aliphatic carboxylic acids is 2. The molecule has 0 radical (unpaired) electrons. The highest BCUT2D eigenvalue weighted by Gasteiger charge is 2.28. The van der Waals surface area contributed by atoms with Crippen LogP contribution < -0.4 is 0 Å². The standard InChI is InChI=1S/C15H17FN2O2S2.C2H2O4/c16-14-1-3-15(4-2-14)22(19,20)18-8-6-17(7-9-18)11-13-5-10-21-12-13;3-1(4)2(5)6/h1-5,10,12H,6-9,11H2;(H,3,4)(H,5,6). The number of benzene rings is 1. The van der Waals surface area contributed by atoms with Crippen LogP contribution in [0.25, 0.3) is 0 Å². The third-order valence-electron chi connectivity index (χ3n) is 3.95. The molecular weight excluding hydrogens is 411 g/mol. The second kappa shape index (κ2) is 9.73. The van der Waals surface area contributed by atoms with Crippen LogP contribution in [-0.4, -0.2) is 66.0 Å². The molecule has 2 aromatic rings. The summed E-state index contributed by atoms with van der Waals surface area (Å²) in [5.41, 5.74) is 1.26. The van der Waals surface area contributed by atoms with E-state index in [0.717, 1.165) is 6.54 Å². The molecule has 1 aliphatic heterocycles. The Morgan fingerprint density at radius 1 is 1.00 bits per heavy atom. The summed E-state index contributed by atoms with van der Waals surface area (Å²) in [7, 11) is -3.52. The van der Waals surface area contributed by atoms with Gasteiger partial charge in [-0.15, -0.1) is 0 Å². The molecule has 2 heterocycles. The van der Waals surface area contributed by atoms with Crippen LogP contribution >= 0.6 is 11.3 Å². The largest absolute Gasteiger partial charge is 0.473 e. The van der Waals surface area contributed by atoms with Crippen molar-refractivity contribution >= 4 is 33.3 Å². The number of hydrogen-bond donors (Lipinski definition) is 2. The number of carboxylic acid groups (broad SMARTS) is 2. The van der Waals surface area contributed by atoms with Crippen LogP contribution in [0.3, 0.4) is 0 Å². The van der Waals surface area contributed by atoms with Crippen molar-refractivity contribution in [2.45, 2.75) is 11.4 Å². The molecule has 0 bridgehead atoms. The number of thiophene rings is 1. The molecule has 0 saturated carbocycles. The van der Waals surface area contributed by atoms with E-state index in [-0.39, 0.29) is 4.90 Å². The summed E-state index contributed by atoms with van der Waals surface area (Å²) in [4.78, 5) is 20.6. The Morgan fingerprint density at radius 2 is 1.57 bits per heavy atom. The van der Waals surface area contributed by atoms with E-state index in [0.29, 0.717) is 26.2 Å². The first-order valence-electron chi connectivity index (χ1n) is 8.15. The van der Waals surface area contributed by atoms with E-state index in [2.05, 4.69) is 16.3 Å². The highest BCUT2D eigenvalue weighted by Crippen LogP contribution is 2.19. The van der Waals surface area contributed by atoms with Crippen molar-refractivity contribution < 1.29 is 32.6 Å². The monoisotopic (exact) mass is 430 g/mol. The Kier molecular flexibility index (Phi) is 7.63. The van der Waals surface area contributed by atoms with Gasteiger partial charge in [0.15, 0.2) is 0 Å². The average Bonchev–Trinajstić information content (AvgIpc) is 3.16. The number of halogens is 1. The number of piperazine rings is 1. The maximum absolute atomic E-state index is 12.9. The van der Waals surface area contributed by atoms with Gasteiger partial charge in [0.2, 0.25) is 10.0 Å². The summed E-state index contributed by atoms with van der Waals surface area (Å²) in [6, 6.07) is 7.09. The highest BCUT2D eigenvalue weighted by atomic mass is 32.2. The van der Waals surface area contributed by atoms with Crippen LogP contribution in [0.15, 0.2) is 46.0 Å². The van der Waals surface area contributed by atoms with E-state index in [1.807, 2.05) is 5.38 Å². The van der Waals surface area contributed by atoms with Crippen LogP contribution in [0.1, 0.15) is 5.56 Å². The van der Waals surface area contributed by atoms with Gasteiger partial charge in [-0.3, -0.25) is 4.90 Å². The minimum absolute atomic E-state index is 0.153. The molecule has 1 saturated heterocycles. The smallest absolute Gasteiger partial charge is 0.414 e. The summed E-state index contributed by atoms with van der Waals surface area (Å²) in [6.45, 7) is 3.19. The van der Waals surface area contributed by atoms with Crippen molar-refractivity contribution in [3.8, 4) is 0 Å². The fourth-order valence-corrected chi connectivity index (χ4v) is 4.61. The number of sulfonamides is 1. The van der Waals surface area contributed by atoms with Gasteiger partial charge < -0.3 is 10.2 Å². The molecule has 0 spiro atoms. The van der Waals surface area contributed by atoms with Gasteiger partial charge in [-0.1, -0.05) is 0 Å². The Balaban J connectivity index is 0.000000409. The number of hydrogen-bond acceptors (Lipinski definition) is 6. The molecule has 0 aliphatic carbocycles. The van der Waals surface area contributed by atoms with Gasteiger partial charge in [-0.25, -0.2) is 22.4 Å². The fraction of sp³-hybridized carbons (Fsp3) is 0.294. The van der Waals surface area contributed by atoms with Crippen molar-refractivity contribution in [3.63, 3.8) is 0 Å². The first kappa shape index (κ1) is 22.0. The molecule has 11 heteroatoms. The fourth-order valence-electron chi connectivity index (χ4n) is 2.52. The number of nitrogens with zero attached hydrogens (tertiary/aromatic N) is 2.